The minimum atomic E-state index is -3.78. The van der Waals surface area contributed by atoms with Crippen molar-refractivity contribution in [2.45, 2.75) is 11.5 Å². The number of hydrogen-bond acceptors (Lipinski definition) is 3. The van der Waals surface area contributed by atoms with Gasteiger partial charge in [-0.05, 0) is 24.3 Å². The van der Waals surface area contributed by atoms with Crippen LogP contribution >= 0.6 is 0 Å². The van der Waals surface area contributed by atoms with E-state index in [9.17, 15) is 12.8 Å². The van der Waals surface area contributed by atoms with E-state index >= 15 is 0 Å². The van der Waals surface area contributed by atoms with E-state index in [0.717, 1.165) is 6.07 Å². The fourth-order valence-electron chi connectivity index (χ4n) is 1.43. The van der Waals surface area contributed by atoms with Crippen LogP contribution in [0.3, 0.4) is 0 Å². The highest BCUT2D eigenvalue weighted by Crippen LogP contribution is 2.17. The first-order valence-electron chi connectivity index (χ1n) is 5.08. The lowest BCUT2D eigenvalue weighted by Crippen LogP contribution is -2.12. The smallest absolute Gasteiger partial charge is 0.263 e. The number of aliphatic hydroxyl groups is 1. The Morgan fingerprint density at radius 2 is 2.11 bits per heavy atom. The van der Waals surface area contributed by atoms with Crippen molar-refractivity contribution in [1.82, 2.24) is 4.98 Å². The van der Waals surface area contributed by atoms with E-state index < -0.39 is 15.8 Å². The normalized spacial score (nSPS) is 11.4. The SMILES string of the molecule is O=S(=O)(Nc1cccc(F)c1)c1c[nH]c(CO)c1. The molecule has 2 aromatic rings. The number of nitrogens with one attached hydrogen (secondary N) is 2. The molecule has 7 heteroatoms. The molecule has 0 aliphatic heterocycles. The van der Waals surface area contributed by atoms with Gasteiger partial charge in [-0.2, -0.15) is 0 Å². The molecule has 5 nitrogen and oxygen atoms in total. The molecule has 0 atom stereocenters. The second-order valence-corrected chi connectivity index (χ2v) is 5.32. The van der Waals surface area contributed by atoms with Gasteiger partial charge in [-0.15, -0.1) is 0 Å². The summed E-state index contributed by atoms with van der Waals surface area (Å²) in [5, 5.41) is 8.85. The monoisotopic (exact) mass is 270 g/mol. The number of rotatable bonds is 4. The number of H-pyrrole nitrogens is 1. The third kappa shape index (κ3) is 2.69. The molecule has 0 aliphatic carbocycles. The van der Waals surface area contributed by atoms with Crippen molar-refractivity contribution in [1.29, 1.82) is 0 Å². The predicted molar refractivity (Wildman–Crippen MR) is 63.9 cm³/mol. The largest absolute Gasteiger partial charge is 0.390 e. The molecule has 0 amide bonds. The molecule has 0 radical (unpaired) electrons. The maximum Gasteiger partial charge on any atom is 0.263 e. The molecule has 0 bridgehead atoms. The Labute approximate surface area is 103 Å². The maximum atomic E-state index is 12.9. The summed E-state index contributed by atoms with van der Waals surface area (Å²) < 4.78 is 39.0. The van der Waals surface area contributed by atoms with Crippen molar-refractivity contribution in [2.75, 3.05) is 4.72 Å². The average molecular weight is 270 g/mol. The fourth-order valence-corrected chi connectivity index (χ4v) is 2.50. The summed E-state index contributed by atoms with van der Waals surface area (Å²) >= 11 is 0. The molecule has 0 aliphatic rings. The molecule has 1 aromatic heterocycles. The molecule has 1 aromatic carbocycles. The number of aliphatic hydroxyl groups excluding tert-OH is 1. The van der Waals surface area contributed by atoms with Crippen LogP contribution in [-0.4, -0.2) is 18.5 Å². The molecule has 0 saturated carbocycles. The lowest BCUT2D eigenvalue weighted by molar-refractivity contribution is 0.277. The molecule has 0 unspecified atom stereocenters. The summed E-state index contributed by atoms with van der Waals surface area (Å²) in [6.45, 7) is -0.282. The average Bonchev–Trinajstić information content (AvgIpc) is 2.77. The number of hydrogen-bond donors (Lipinski definition) is 3. The Hall–Kier alpha value is -1.86. The van der Waals surface area contributed by atoms with Gasteiger partial charge in [0.05, 0.1) is 12.3 Å². The fraction of sp³-hybridized carbons (Fsp3) is 0.0909. The lowest BCUT2D eigenvalue weighted by atomic mass is 10.3. The first kappa shape index (κ1) is 12.6. The van der Waals surface area contributed by atoms with Crippen molar-refractivity contribution in [3.8, 4) is 0 Å². The second kappa shape index (κ2) is 4.79. The van der Waals surface area contributed by atoms with Gasteiger partial charge in [0.2, 0.25) is 0 Å². The molecule has 2 rings (SSSR count). The van der Waals surface area contributed by atoms with Crippen LogP contribution in [0.5, 0.6) is 0 Å². The van der Waals surface area contributed by atoms with Crippen molar-refractivity contribution in [2.24, 2.45) is 0 Å². The predicted octanol–water partition coefficient (Wildman–Crippen LogP) is 1.45. The minimum absolute atomic E-state index is 0.0178. The van der Waals surface area contributed by atoms with E-state index in [1.165, 1.54) is 30.5 Å². The summed E-state index contributed by atoms with van der Waals surface area (Å²) in [6.07, 6.45) is 1.26. The Morgan fingerprint density at radius 1 is 1.33 bits per heavy atom. The van der Waals surface area contributed by atoms with Crippen LogP contribution in [0.15, 0.2) is 41.4 Å². The second-order valence-electron chi connectivity index (χ2n) is 3.63. The zero-order valence-corrected chi connectivity index (χ0v) is 10.0. The molecule has 0 saturated heterocycles. The van der Waals surface area contributed by atoms with Crippen LogP contribution < -0.4 is 4.72 Å². The minimum Gasteiger partial charge on any atom is -0.390 e. The topological polar surface area (TPSA) is 82.2 Å². The zero-order valence-electron chi connectivity index (χ0n) is 9.22. The van der Waals surface area contributed by atoms with Crippen molar-refractivity contribution in [3.63, 3.8) is 0 Å². The van der Waals surface area contributed by atoms with E-state index in [2.05, 4.69) is 9.71 Å². The van der Waals surface area contributed by atoms with Gasteiger partial charge in [-0.1, -0.05) is 6.07 Å². The van der Waals surface area contributed by atoms with Gasteiger partial charge in [0.15, 0.2) is 0 Å². The zero-order chi connectivity index (χ0) is 13.2. The molecular weight excluding hydrogens is 259 g/mol. The number of anilines is 1. The summed E-state index contributed by atoms with van der Waals surface area (Å²) in [7, 11) is -3.78. The molecule has 3 N–H and O–H groups in total. The Kier molecular flexibility index (Phi) is 3.35. The van der Waals surface area contributed by atoms with E-state index in [1.54, 1.807) is 0 Å². The van der Waals surface area contributed by atoms with Gasteiger partial charge in [0.1, 0.15) is 10.7 Å². The highest BCUT2D eigenvalue weighted by Gasteiger charge is 2.16. The van der Waals surface area contributed by atoms with Gasteiger partial charge in [-0.25, -0.2) is 12.8 Å². The number of aromatic amines is 1. The van der Waals surface area contributed by atoms with E-state index in [4.69, 9.17) is 5.11 Å². The van der Waals surface area contributed by atoms with Crippen LogP contribution in [0.2, 0.25) is 0 Å². The Morgan fingerprint density at radius 3 is 2.72 bits per heavy atom. The van der Waals surface area contributed by atoms with Gasteiger partial charge < -0.3 is 10.1 Å². The number of aromatic nitrogens is 1. The Bertz CT molecular complexity index is 652. The molecule has 0 fully saturated rings. The van der Waals surface area contributed by atoms with Gasteiger partial charge in [0.25, 0.3) is 10.0 Å². The first-order chi connectivity index (χ1) is 8.51. The quantitative estimate of drug-likeness (QED) is 0.786. The third-order valence-corrected chi connectivity index (χ3v) is 3.63. The molecule has 0 spiro atoms. The van der Waals surface area contributed by atoms with Crippen LogP contribution in [0.25, 0.3) is 0 Å². The summed E-state index contributed by atoms with van der Waals surface area (Å²) in [4.78, 5) is 2.60. The summed E-state index contributed by atoms with van der Waals surface area (Å²) in [5.41, 5.74) is 0.524. The van der Waals surface area contributed by atoms with Crippen LogP contribution in [0, 0.1) is 5.82 Å². The number of halogens is 1. The number of sulfonamides is 1. The summed E-state index contributed by atoms with van der Waals surface area (Å²) in [6, 6.07) is 6.46. The van der Waals surface area contributed by atoms with Gasteiger partial charge in [0, 0.05) is 11.9 Å². The van der Waals surface area contributed by atoms with Crippen LogP contribution in [0.4, 0.5) is 10.1 Å². The van der Waals surface area contributed by atoms with E-state index in [0.29, 0.717) is 5.69 Å². The molecule has 18 heavy (non-hydrogen) atoms. The van der Waals surface area contributed by atoms with Crippen molar-refractivity contribution < 1.29 is 17.9 Å². The lowest BCUT2D eigenvalue weighted by Gasteiger charge is -2.05. The van der Waals surface area contributed by atoms with Crippen molar-refractivity contribution in [3.05, 3.63) is 48.0 Å². The van der Waals surface area contributed by atoms with Crippen LogP contribution in [-0.2, 0) is 16.6 Å². The van der Waals surface area contributed by atoms with E-state index in [-0.39, 0.29) is 17.2 Å². The standard InChI is InChI=1S/C11H11FN2O3S/c12-8-2-1-3-9(4-8)14-18(16,17)11-5-10(7-15)13-6-11/h1-6,13-15H,7H2. The highest BCUT2D eigenvalue weighted by molar-refractivity contribution is 7.92. The summed E-state index contributed by atoms with van der Waals surface area (Å²) in [5.74, 6) is -0.527. The number of benzene rings is 1. The molecule has 1 heterocycles. The maximum absolute atomic E-state index is 12.9. The highest BCUT2D eigenvalue weighted by atomic mass is 32.2. The van der Waals surface area contributed by atoms with Crippen molar-refractivity contribution >= 4 is 15.7 Å². The first-order valence-corrected chi connectivity index (χ1v) is 6.56. The third-order valence-electron chi connectivity index (χ3n) is 2.27. The van der Waals surface area contributed by atoms with Crippen LogP contribution in [0.1, 0.15) is 5.69 Å². The van der Waals surface area contributed by atoms with Gasteiger partial charge in [-0.3, -0.25) is 4.72 Å². The molecular formula is C11H11FN2O3S. The Balaban J connectivity index is 2.27. The molecule has 96 valence electrons. The van der Waals surface area contributed by atoms with Gasteiger partial charge >= 0.3 is 0 Å². The van der Waals surface area contributed by atoms with E-state index in [1.807, 2.05) is 0 Å².